The van der Waals surface area contributed by atoms with Crippen LogP contribution in [0, 0.1) is 0 Å². The minimum Gasteiger partial charge on any atom is -0.0801 e. The molecule has 0 unspecified atom stereocenters. The fraction of sp³-hybridized carbons (Fsp3) is 0.167. The van der Waals surface area contributed by atoms with Crippen molar-refractivity contribution in [2.45, 2.75) is 12.8 Å². The van der Waals surface area contributed by atoms with Gasteiger partial charge in [-0.2, -0.15) is 0 Å². The van der Waals surface area contributed by atoms with E-state index in [0.717, 1.165) is 12.8 Å². The quantitative estimate of drug-likeness (QED) is 0.504. The molecule has 2 rings (SSSR count). The third-order valence-electron chi connectivity index (χ3n) is 2.18. The summed E-state index contributed by atoms with van der Waals surface area (Å²) in [6.07, 6.45) is 19.4. The van der Waals surface area contributed by atoms with Gasteiger partial charge < -0.3 is 0 Å². The van der Waals surface area contributed by atoms with Crippen LogP contribution in [0.15, 0.2) is 59.8 Å². The molecule has 0 nitrogen and oxygen atoms in total. The molecule has 0 bridgehead atoms. The van der Waals surface area contributed by atoms with Crippen molar-refractivity contribution in [1.29, 1.82) is 0 Å². The van der Waals surface area contributed by atoms with E-state index in [4.69, 9.17) is 0 Å². The van der Waals surface area contributed by atoms with Crippen LogP contribution in [-0.2, 0) is 0 Å². The highest BCUT2D eigenvalue weighted by Crippen LogP contribution is 2.21. The van der Waals surface area contributed by atoms with Gasteiger partial charge in [-0.25, -0.2) is 0 Å². The van der Waals surface area contributed by atoms with Crippen LogP contribution in [0.1, 0.15) is 12.8 Å². The Labute approximate surface area is 73.3 Å². The summed E-state index contributed by atoms with van der Waals surface area (Å²) in [6, 6.07) is 0. The van der Waals surface area contributed by atoms with Crippen molar-refractivity contribution >= 4 is 0 Å². The van der Waals surface area contributed by atoms with Gasteiger partial charge in [0.25, 0.3) is 0 Å². The fourth-order valence-corrected chi connectivity index (χ4v) is 1.50. The zero-order valence-electron chi connectivity index (χ0n) is 7.03. The SMILES string of the molecule is C1=CCC(=C2C=CC=CC2)C=C1. The monoisotopic (exact) mass is 156 g/mol. The van der Waals surface area contributed by atoms with Crippen molar-refractivity contribution in [3.05, 3.63) is 59.8 Å². The first kappa shape index (κ1) is 7.35. The summed E-state index contributed by atoms with van der Waals surface area (Å²) in [5.41, 5.74) is 2.91. The van der Waals surface area contributed by atoms with Crippen molar-refractivity contribution in [2.75, 3.05) is 0 Å². The minimum absolute atomic E-state index is 1.09. The van der Waals surface area contributed by atoms with Gasteiger partial charge in [-0.1, -0.05) is 48.6 Å². The first-order valence-corrected chi connectivity index (χ1v) is 4.35. The summed E-state index contributed by atoms with van der Waals surface area (Å²) in [5.74, 6) is 0. The van der Waals surface area contributed by atoms with Crippen molar-refractivity contribution < 1.29 is 0 Å². The van der Waals surface area contributed by atoms with E-state index in [1.165, 1.54) is 11.1 Å². The molecule has 0 saturated heterocycles. The van der Waals surface area contributed by atoms with Crippen molar-refractivity contribution in [3.8, 4) is 0 Å². The zero-order chi connectivity index (χ0) is 8.23. The second kappa shape index (κ2) is 3.40. The first-order valence-electron chi connectivity index (χ1n) is 4.35. The summed E-state index contributed by atoms with van der Waals surface area (Å²) < 4.78 is 0. The average molecular weight is 156 g/mol. The molecule has 0 atom stereocenters. The highest BCUT2D eigenvalue weighted by molar-refractivity contribution is 5.42. The number of rotatable bonds is 0. The van der Waals surface area contributed by atoms with Gasteiger partial charge in [-0.05, 0) is 24.0 Å². The molecule has 0 aromatic carbocycles. The Morgan fingerprint density at radius 1 is 0.667 bits per heavy atom. The lowest BCUT2D eigenvalue weighted by Gasteiger charge is -2.09. The Morgan fingerprint density at radius 2 is 1.17 bits per heavy atom. The molecule has 0 radical (unpaired) electrons. The second-order valence-electron chi connectivity index (χ2n) is 3.03. The molecule has 2 aliphatic carbocycles. The molecule has 0 saturated carbocycles. The molecule has 0 N–H and O–H groups in total. The van der Waals surface area contributed by atoms with Gasteiger partial charge in [0.2, 0.25) is 0 Å². The second-order valence-corrected chi connectivity index (χ2v) is 3.03. The largest absolute Gasteiger partial charge is 0.0801 e. The maximum atomic E-state index is 2.21. The molecular weight excluding hydrogens is 144 g/mol. The van der Waals surface area contributed by atoms with E-state index in [0.29, 0.717) is 0 Å². The van der Waals surface area contributed by atoms with Gasteiger partial charge >= 0.3 is 0 Å². The van der Waals surface area contributed by atoms with E-state index in [1.54, 1.807) is 0 Å². The van der Waals surface area contributed by atoms with Crippen LogP contribution in [0.4, 0.5) is 0 Å². The predicted octanol–water partition coefficient (Wildman–Crippen LogP) is 3.32. The van der Waals surface area contributed by atoms with Crippen LogP contribution >= 0.6 is 0 Å². The molecule has 0 fully saturated rings. The summed E-state index contributed by atoms with van der Waals surface area (Å²) >= 11 is 0. The zero-order valence-corrected chi connectivity index (χ0v) is 7.03. The molecule has 0 aliphatic heterocycles. The van der Waals surface area contributed by atoms with E-state index in [1.807, 2.05) is 0 Å². The molecule has 0 heteroatoms. The highest BCUT2D eigenvalue weighted by Gasteiger charge is 2.01. The van der Waals surface area contributed by atoms with Crippen molar-refractivity contribution in [3.63, 3.8) is 0 Å². The van der Waals surface area contributed by atoms with Gasteiger partial charge in [0.05, 0.1) is 0 Å². The molecule has 0 aromatic heterocycles. The van der Waals surface area contributed by atoms with Crippen LogP contribution < -0.4 is 0 Å². The smallest absolute Gasteiger partial charge is 0.00915 e. The highest BCUT2D eigenvalue weighted by atomic mass is 14.1. The molecule has 12 heavy (non-hydrogen) atoms. The third-order valence-corrected chi connectivity index (χ3v) is 2.18. The third kappa shape index (κ3) is 1.48. The van der Waals surface area contributed by atoms with Gasteiger partial charge in [0.15, 0.2) is 0 Å². The topological polar surface area (TPSA) is 0 Å². The molecule has 0 aromatic rings. The van der Waals surface area contributed by atoms with Gasteiger partial charge in [0, 0.05) is 0 Å². The predicted molar refractivity (Wildman–Crippen MR) is 52.8 cm³/mol. The standard InChI is InChI=1S/C12H12/c1-3-7-11(8-4-1)12-9-5-2-6-10-12/h1-7,9H,8,10H2. The van der Waals surface area contributed by atoms with Crippen LogP contribution in [0.2, 0.25) is 0 Å². The average Bonchev–Trinajstić information content (AvgIpc) is 2.21. The molecule has 0 amide bonds. The van der Waals surface area contributed by atoms with Crippen LogP contribution in [0.3, 0.4) is 0 Å². The Kier molecular flexibility index (Phi) is 2.08. The van der Waals surface area contributed by atoms with E-state index in [2.05, 4.69) is 48.6 Å². The lowest BCUT2D eigenvalue weighted by atomic mass is 9.96. The molecule has 0 heterocycles. The molecule has 2 aliphatic rings. The normalized spacial score (nSPS) is 26.7. The Morgan fingerprint density at radius 3 is 1.50 bits per heavy atom. The fourth-order valence-electron chi connectivity index (χ4n) is 1.50. The van der Waals surface area contributed by atoms with E-state index >= 15 is 0 Å². The van der Waals surface area contributed by atoms with Crippen molar-refractivity contribution in [2.24, 2.45) is 0 Å². The molecular formula is C12H12. The molecule has 0 spiro atoms. The number of hydrogen-bond acceptors (Lipinski definition) is 0. The first-order chi connectivity index (χ1) is 5.97. The van der Waals surface area contributed by atoms with Gasteiger partial charge in [0.1, 0.15) is 0 Å². The molecule has 60 valence electrons. The maximum absolute atomic E-state index is 2.21. The van der Waals surface area contributed by atoms with Crippen LogP contribution in [0.5, 0.6) is 0 Å². The number of hydrogen-bond donors (Lipinski definition) is 0. The lowest BCUT2D eigenvalue weighted by molar-refractivity contribution is 1.15. The van der Waals surface area contributed by atoms with Crippen molar-refractivity contribution in [1.82, 2.24) is 0 Å². The summed E-state index contributed by atoms with van der Waals surface area (Å²) in [4.78, 5) is 0. The van der Waals surface area contributed by atoms with E-state index in [-0.39, 0.29) is 0 Å². The van der Waals surface area contributed by atoms with E-state index in [9.17, 15) is 0 Å². The summed E-state index contributed by atoms with van der Waals surface area (Å²) in [7, 11) is 0. The minimum atomic E-state index is 1.09. The Hall–Kier alpha value is -1.30. The van der Waals surface area contributed by atoms with Gasteiger partial charge in [-0.3, -0.25) is 0 Å². The van der Waals surface area contributed by atoms with Crippen LogP contribution in [0.25, 0.3) is 0 Å². The summed E-state index contributed by atoms with van der Waals surface area (Å²) in [5, 5.41) is 0. The number of allylic oxidation sites excluding steroid dienone is 10. The maximum Gasteiger partial charge on any atom is -0.00915 e. The summed E-state index contributed by atoms with van der Waals surface area (Å²) in [6.45, 7) is 0. The van der Waals surface area contributed by atoms with Crippen LogP contribution in [-0.4, -0.2) is 0 Å². The lowest BCUT2D eigenvalue weighted by Crippen LogP contribution is -1.89. The Balaban J connectivity index is 2.25. The van der Waals surface area contributed by atoms with E-state index < -0.39 is 0 Å². The Bertz CT molecular complexity index is 277. The van der Waals surface area contributed by atoms with Gasteiger partial charge in [-0.15, -0.1) is 0 Å².